The summed E-state index contributed by atoms with van der Waals surface area (Å²) in [6, 6.07) is 7.51. The Bertz CT molecular complexity index is 426. The average Bonchev–Trinajstić information content (AvgIpc) is 3.22. The molecular weight excluding hydrogens is 244 g/mol. The number of aliphatic carboxylic acids is 1. The zero-order valence-corrected chi connectivity index (χ0v) is 11.2. The largest absolute Gasteiger partial charge is 0.496 e. The molecule has 1 aromatic carbocycles. The van der Waals surface area contributed by atoms with Crippen LogP contribution in [0.5, 0.6) is 5.75 Å². The Morgan fingerprint density at radius 3 is 2.79 bits per heavy atom. The second-order valence-electron chi connectivity index (χ2n) is 5.03. The van der Waals surface area contributed by atoms with Crippen molar-refractivity contribution in [1.29, 1.82) is 0 Å². The van der Waals surface area contributed by atoms with Crippen LogP contribution in [0.3, 0.4) is 0 Å². The molecule has 0 aromatic heterocycles. The Morgan fingerprint density at radius 1 is 1.42 bits per heavy atom. The van der Waals surface area contributed by atoms with Crippen molar-refractivity contribution in [1.82, 2.24) is 0 Å². The number of methoxy groups -OCH3 is 1. The highest BCUT2D eigenvalue weighted by Crippen LogP contribution is 2.29. The summed E-state index contributed by atoms with van der Waals surface area (Å²) in [5.41, 5.74) is 0.910. The van der Waals surface area contributed by atoms with Crippen molar-refractivity contribution in [3.63, 3.8) is 0 Å². The van der Waals surface area contributed by atoms with Crippen molar-refractivity contribution in [3.05, 3.63) is 29.8 Å². The summed E-state index contributed by atoms with van der Waals surface area (Å²) in [6.07, 6.45) is 2.86. The first kappa shape index (κ1) is 13.9. The first-order chi connectivity index (χ1) is 9.20. The molecule has 1 saturated carbocycles. The summed E-state index contributed by atoms with van der Waals surface area (Å²) in [4.78, 5) is 11.3. The zero-order valence-electron chi connectivity index (χ0n) is 11.2. The fourth-order valence-corrected chi connectivity index (χ4v) is 2.02. The Hall–Kier alpha value is -1.55. The van der Waals surface area contributed by atoms with Crippen LogP contribution in [-0.4, -0.2) is 31.4 Å². The fraction of sp³-hybridized carbons (Fsp3) is 0.533. The monoisotopic (exact) mass is 264 g/mol. The van der Waals surface area contributed by atoms with E-state index >= 15 is 0 Å². The smallest absolute Gasteiger partial charge is 0.309 e. The van der Waals surface area contributed by atoms with Gasteiger partial charge < -0.3 is 14.6 Å². The molecule has 1 atom stereocenters. The van der Waals surface area contributed by atoms with Crippen molar-refractivity contribution in [2.24, 2.45) is 11.8 Å². The number of carboxylic acids is 1. The molecule has 0 radical (unpaired) electrons. The van der Waals surface area contributed by atoms with E-state index in [1.807, 2.05) is 24.3 Å². The van der Waals surface area contributed by atoms with Crippen LogP contribution in [0.4, 0.5) is 0 Å². The normalized spacial score (nSPS) is 16.1. The molecule has 4 nitrogen and oxygen atoms in total. The van der Waals surface area contributed by atoms with Gasteiger partial charge >= 0.3 is 5.97 Å². The molecule has 1 N–H and O–H groups in total. The third kappa shape index (κ3) is 4.24. The fourth-order valence-electron chi connectivity index (χ4n) is 2.02. The van der Waals surface area contributed by atoms with Crippen molar-refractivity contribution < 1.29 is 19.4 Å². The minimum atomic E-state index is -0.818. The van der Waals surface area contributed by atoms with Crippen molar-refractivity contribution in [2.45, 2.75) is 19.3 Å². The highest BCUT2D eigenvalue weighted by Gasteiger charge is 2.24. The summed E-state index contributed by atoms with van der Waals surface area (Å²) < 4.78 is 10.7. The zero-order chi connectivity index (χ0) is 13.7. The van der Waals surface area contributed by atoms with Gasteiger partial charge in [-0.15, -0.1) is 0 Å². The Balaban J connectivity index is 1.92. The minimum Gasteiger partial charge on any atom is -0.496 e. The van der Waals surface area contributed by atoms with Crippen LogP contribution in [0.2, 0.25) is 0 Å². The van der Waals surface area contributed by atoms with Crippen molar-refractivity contribution in [2.75, 3.05) is 20.3 Å². The lowest BCUT2D eigenvalue weighted by molar-refractivity contribution is -0.143. The lowest BCUT2D eigenvalue weighted by Gasteiger charge is -2.15. The van der Waals surface area contributed by atoms with E-state index in [-0.39, 0.29) is 6.61 Å². The van der Waals surface area contributed by atoms with Crippen LogP contribution in [0.1, 0.15) is 18.4 Å². The number of carbonyl (C=O) groups is 1. The predicted octanol–water partition coefficient (Wildman–Crippen LogP) is 2.37. The van der Waals surface area contributed by atoms with Gasteiger partial charge in [0.25, 0.3) is 0 Å². The van der Waals surface area contributed by atoms with E-state index in [1.54, 1.807) is 7.11 Å². The Labute approximate surface area is 113 Å². The molecular formula is C15H20O4. The molecule has 4 heteroatoms. The SMILES string of the molecule is COc1ccccc1CC(COCC1CC1)C(=O)O. The Morgan fingerprint density at radius 2 is 2.16 bits per heavy atom. The highest BCUT2D eigenvalue weighted by atomic mass is 16.5. The molecule has 19 heavy (non-hydrogen) atoms. The number of ether oxygens (including phenoxy) is 2. The summed E-state index contributed by atoms with van der Waals surface area (Å²) in [7, 11) is 1.60. The van der Waals surface area contributed by atoms with Crippen molar-refractivity contribution in [3.8, 4) is 5.75 Å². The maximum Gasteiger partial charge on any atom is 0.309 e. The summed E-state index contributed by atoms with van der Waals surface area (Å²) in [6.45, 7) is 0.958. The molecule has 0 amide bonds. The van der Waals surface area contributed by atoms with Crippen LogP contribution >= 0.6 is 0 Å². The van der Waals surface area contributed by atoms with E-state index in [0.29, 0.717) is 18.9 Å². The van der Waals surface area contributed by atoms with E-state index in [9.17, 15) is 9.90 Å². The van der Waals surface area contributed by atoms with E-state index in [2.05, 4.69) is 0 Å². The molecule has 1 aromatic rings. The van der Waals surface area contributed by atoms with Gasteiger partial charge in [-0.2, -0.15) is 0 Å². The second kappa shape index (κ2) is 6.57. The first-order valence-corrected chi connectivity index (χ1v) is 6.63. The van der Waals surface area contributed by atoms with E-state index in [4.69, 9.17) is 9.47 Å². The third-order valence-electron chi connectivity index (χ3n) is 3.38. The van der Waals surface area contributed by atoms with E-state index < -0.39 is 11.9 Å². The van der Waals surface area contributed by atoms with Crippen molar-refractivity contribution >= 4 is 5.97 Å². The Kier molecular flexibility index (Phi) is 4.80. The number of benzene rings is 1. The van der Waals surface area contributed by atoms with Gasteiger partial charge in [-0.1, -0.05) is 18.2 Å². The van der Waals surface area contributed by atoms with E-state index in [1.165, 1.54) is 12.8 Å². The molecule has 1 fully saturated rings. The maximum atomic E-state index is 11.3. The molecule has 1 aliphatic carbocycles. The number of rotatable bonds is 8. The van der Waals surface area contributed by atoms with Gasteiger partial charge in [0.15, 0.2) is 0 Å². The lowest BCUT2D eigenvalue weighted by Crippen LogP contribution is -2.23. The van der Waals surface area contributed by atoms with Gasteiger partial charge in [0.05, 0.1) is 19.6 Å². The summed E-state index contributed by atoms with van der Waals surface area (Å²) in [5.74, 6) is 0.0494. The van der Waals surface area contributed by atoms with Crippen LogP contribution in [0.15, 0.2) is 24.3 Å². The second-order valence-corrected chi connectivity index (χ2v) is 5.03. The number of hydrogen-bond acceptors (Lipinski definition) is 3. The molecule has 1 unspecified atom stereocenters. The molecule has 1 aliphatic rings. The molecule has 104 valence electrons. The van der Waals surface area contributed by atoms with E-state index in [0.717, 1.165) is 11.3 Å². The standard InChI is InChI=1S/C15H20O4/c1-18-14-5-3-2-4-12(14)8-13(15(16)17)10-19-9-11-6-7-11/h2-5,11,13H,6-10H2,1H3,(H,16,17). The summed E-state index contributed by atoms with van der Waals surface area (Å²) >= 11 is 0. The van der Waals surface area contributed by atoms with Gasteiger partial charge in [0.2, 0.25) is 0 Å². The van der Waals surface area contributed by atoms with Gasteiger partial charge in [-0.3, -0.25) is 4.79 Å². The molecule has 0 saturated heterocycles. The third-order valence-corrected chi connectivity index (χ3v) is 3.38. The summed E-state index contributed by atoms with van der Waals surface area (Å²) in [5, 5.41) is 9.26. The molecule has 2 rings (SSSR count). The van der Waals surface area contributed by atoms with Crippen LogP contribution in [-0.2, 0) is 16.0 Å². The number of para-hydroxylation sites is 1. The average molecular weight is 264 g/mol. The molecule has 0 heterocycles. The number of hydrogen-bond donors (Lipinski definition) is 1. The van der Waals surface area contributed by atoms with Gasteiger partial charge in [-0.25, -0.2) is 0 Å². The van der Waals surface area contributed by atoms with Gasteiger partial charge in [0.1, 0.15) is 5.75 Å². The quantitative estimate of drug-likeness (QED) is 0.783. The van der Waals surface area contributed by atoms with Crippen LogP contribution in [0, 0.1) is 11.8 Å². The van der Waals surface area contributed by atoms with Gasteiger partial charge in [-0.05, 0) is 36.8 Å². The first-order valence-electron chi connectivity index (χ1n) is 6.63. The van der Waals surface area contributed by atoms with Gasteiger partial charge in [0, 0.05) is 6.61 Å². The highest BCUT2D eigenvalue weighted by molar-refractivity contribution is 5.70. The maximum absolute atomic E-state index is 11.3. The molecule has 0 bridgehead atoms. The van der Waals surface area contributed by atoms with Crippen LogP contribution < -0.4 is 4.74 Å². The predicted molar refractivity (Wildman–Crippen MR) is 71.4 cm³/mol. The minimum absolute atomic E-state index is 0.268. The number of carboxylic acid groups (broad SMARTS) is 1. The molecule has 0 spiro atoms. The molecule has 0 aliphatic heterocycles. The van der Waals surface area contributed by atoms with Crippen LogP contribution in [0.25, 0.3) is 0 Å². The lowest BCUT2D eigenvalue weighted by atomic mass is 9.99. The topological polar surface area (TPSA) is 55.8 Å².